The number of fused-ring (bicyclic) bond motifs is 7. The second-order valence-corrected chi connectivity index (χ2v) is 6.49. The summed E-state index contributed by atoms with van der Waals surface area (Å²) in [6, 6.07) is 19.0. The zero-order valence-electron chi connectivity index (χ0n) is 12.8. The maximum absolute atomic E-state index is 2.70. The Morgan fingerprint density at radius 2 is 1.62 bits per heavy atom. The highest BCUT2D eigenvalue weighted by molar-refractivity contribution is 5.50. The number of hydrogen-bond acceptors (Lipinski definition) is 2. The normalized spacial score (nSPS) is 23.2. The zero-order valence-corrected chi connectivity index (χ0v) is 12.8. The second kappa shape index (κ2) is 4.97. The van der Waals surface area contributed by atoms with Gasteiger partial charge in [-0.15, -0.1) is 0 Å². The Balaban J connectivity index is 1.80. The van der Waals surface area contributed by atoms with Crippen LogP contribution in [0.1, 0.15) is 34.3 Å². The number of rotatable bonds is 3. The summed E-state index contributed by atoms with van der Waals surface area (Å²) in [5.41, 5.74) is 6.10. The van der Waals surface area contributed by atoms with Crippen molar-refractivity contribution in [1.82, 2.24) is 9.80 Å². The molecular weight excluding hydrogens is 256 g/mol. The largest absolute Gasteiger partial charge is 0.308 e. The van der Waals surface area contributed by atoms with E-state index in [2.05, 4.69) is 72.4 Å². The van der Waals surface area contributed by atoms with E-state index in [1.165, 1.54) is 22.3 Å². The van der Waals surface area contributed by atoms with Gasteiger partial charge in [0.15, 0.2) is 0 Å². The van der Waals surface area contributed by atoms with E-state index in [1.807, 2.05) is 0 Å². The first-order valence-corrected chi connectivity index (χ1v) is 7.83. The Morgan fingerprint density at radius 3 is 2.38 bits per heavy atom. The molecule has 2 heteroatoms. The fourth-order valence-corrected chi connectivity index (χ4v) is 3.97. The predicted molar refractivity (Wildman–Crippen MR) is 86.4 cm³/mol. The molecule has 0 aromatic heterocycles. The van der Waals surface area contributed by atoms with Crippen molar-refractivity contribution in [1.29, 1.82) is 0 Å². The molecule has 2 aliphatic heterocycles. The Labute approximate surface area is 127 Å². The molecule has 0 spiro atoms. The molecule has 0 N–H and O–H groups in total. The Hall–Kier alpha value is -1.64. The summed E-state index contributed by atoms with van der Waals surface area (Å²) < 4.78 is 0. The number of nitrogens with zero attached hydrogens (tertiary/aromatic N) is 2. The summed E-state index contributed by atoms with van der Waals surface area (Å²) in [4.78, 5) is 4.98. The zero-order chi connectivity index (χ0) is 14.4. The van der Waals surface area contributed by atoms with Gasteiger partial charge in [-0.2, -0.15) is 0 Å². The van der Waals surface area contributed by atoms with Gasteiger partial charge < -0.3 is 4.90 Å². The monoisotopic (exact) mass is 278 g/mol. The number of benzene rings is 2. The lowest BCUT2D eigenvalue weighted by Gasteiger charge is -2.37. The maximum Gasteiger partial charge on any atom is 0.0613 e. The van der Waals surface area contributed by atoms with E-state index in [9.17, 15) is 0 Å². The maximum atomic E-state index is 2.70. The van der Waals surface area contributed by atoms with Gasteiger partial charge in [0, 0.05) is 19.1 Å². The summed E-state index contributed by atoms with van der Waals surface area (Å²) in [7, 11) is 4.32. The van der Waals surface area contributed by atoms with Crippen molar-refractivity contribution >= 4 is 0 Å². The summed E-state index contributed by atoms with van der Waals surface area (Å²) in [5, 5.41) is 0. The fraction of sp³-hybridized carbons (Fsp3) is 0.368. The SMILES string of the molecule is CN(C)CCN1C2Cc3ccccc3C1c1ccccc12. The molecule has 2 unspecified atom stereocenters. The molecule has 2 aromatic carbocycles. The third kappa shape index (κ3) is 2.02. The topological polar surface area (TPSA) is 6.48 Å². The third-order valence-corrected chi connectivity index (χ3v) is 4.95. The van der Waals surface area contributed by atoms with Crippen LogP contribution in [0, 0.1) is 0 Å². The first kappa shape index (κ1) is 13.1. The quantitative estimate of drug-likeness (QED) is 0.850. The molecule has 2 heterocycles. The lowest BCUT2D eigenvalue weighted by Crippen LogP contribution is -2.37. The summed E-state index contributed by atoms with van der Waals surface area (Å²) in [6.07, 6.45) is 1.15. The van der Waals surface area contributed by atoms with E-state index < -0.39 is 0 Å². The minimum absolute atomic E-state index is 0.455. The molecule has 0 fully saturated rings. The van der Waals surface area contributed by atoms with Gasteiger partial charge in [-0.1, -0.05) is 48.5 Å². The molecule has 4 rings (SSSR count). The van der Waals surface area contributed by atoms with Gasteiger partial charge in [0.05, 0.1) is 6.04 Å². The van der Waals surface area contributed by atoms with E-state index in [1.54, 1.807) is 0 Å². The molecule has 0 amide bonds. The average molecular weight is 278 g/mol. The molecule has 0 aliphatic carbocycles. The molecule has 2 nitrogen and oxygen atoms in total. The summed E-state index contributed by atoms with van der Waals surface area (Å²) in [6.45, 7) is 2.24. The van der Waals surface area contributed by atoms with Crippen molar-refractivity contribution in [3.63, 3.8) is 0 Å². The van der Waals surface area contributed by atoms with Crippen molar-refractivity contribution in [3.8, 4) is 0 Å². The standard InChI is InChI=1S/C19H22N2/c1-20(2)11-12-21-18-13-14-7-3-4-8-15(14)19(21)17-10-6-5-9-16(17)18/h3-10,18-19H,11-13H2,1-2H3. The lowest BCUT2D eigenvalue weighted by molar-refractivity contribution is 0.152. The number of hydrogen-bond donors (Lipinski definition) is 0. The van der Waals surface area contributed by atoms with E-state index in [0.717, 1.165) is 19.5 Å². The molecule has 0 saturated heterocycles. The van der Waals surface area contributed by atoms with Crippen LogP contribution in [0.4, 0.5) is 0 Å². The van der Waals surface area contributed by atoms with Crippen LogP contribution in [-0.4, -0.2) is 37.0 Å². The molecule has 108 valence electrons. The van der Waals surface area contributed by atoms with Gasteiger partial charge in [-0.3, -0.25) is 4.90 Å². The van der Waals surface area contributed by atoms with E-state index in [4.69, 9.17) is 0 Å². The molecule has 2 bridgehead atoms. The Kier molecular flexibility index (Phi) is 3.09. The van der Waals surface area contributed by atoms with Crippen LogP contribution in [0.25, 0.3) is 0 Å². The first-order chi connectivity index (χ1) is 10.3. The van der Waals surface area contributed by atoms with Crippen molar-refractivity contribution in [2.24, 2.45) is 0 Å². The van der Waals surface area contributed by atoms with Crippen molar-refractivity contribution in [2.45, 2.75) is 18.5 Å². The van der Waals surface area contributed by atoms with Crippen molar-refractivity contribution in [2.75, 3.05) is 27.2 Å². The van der Waals surface area contributed by atoms with Crippen LogP contribution in [0.5, 0.6) is 0 Å². The van der Waals surface area contributed by atoms with Crippen LogP contribution >= 0.6 is 0 Å². The molecule has 0 saturated carbocycles. The predicted octanol–water partition coefficient (Wildman–Crippen LogP) is 3.25. The minimum atomic E-state index is 0.455. The van der Waals surface area contributed by atoms with Gasteiger partial charge in [0.2, 0.25) is 0 Å². The highest BCUT2D eigenvalue weighted by Crippen LogP contribution is 2.51. The van der Waals surface area contributed by atoms with Crippen molar-refractivity contribution < 1.29 is 0 Å². The van der Waals surface area contributed by atoms with Gasteiger partial charge in [0.1, 0.15) is 0 Å². The third-order valence-electron chi connectivity index (χ3n) is 4.95. The lowest BCUT2D eigenvalue weighted by atomic mass is 9.91. The van der Waals surface area contributed by atoms with E-state index >= 15 is 0 Å². The smallest absolute Gasteiger partial charge is 0.0613 e. The number of likely N-dealkylation sites (N-methyl/N-ethyl adjacent to an activating group) is 1. The Bertz CT molecular complexity index is 651. The molecule has 2 aliphatic rings. The van der Waals surface area contributed by atoms with Crippen LogP contribution in [0.15, 0.2) is 48.5 Å². The fourth-order valence-electron chi connectivity index (χ4n) is 3.97. The van der Waals surface area contributed by atoms with Gasteiger partial charge >= 0.3 is 0 Å². The van der Waals surface area contributed by atoms with Crippen LogP contribution in [-0.2, 0) is 6.42 Å². The van der Waals surface area contributed by atoms with Crippen LogP contribution in [0.2, 0.25) is 0 Å². The van der Waals surface area contributed by atoms with E-state index in [0.29, 0.717) is 12.1 Å². The Morgan fingerprint density at radius 1 is 0.952 bits per heavy atom. The van der Waals surface area contributed by atoms with Gasteiger partial charge in [0.25, 0.3) is 0 Å². The minimum Gasteiger partial charge on any atom is -0.308 e. The average Bonchev–Trinajstić information content (AvgIpc) is 2.72. The highest BCUT2D eigenvalue weighted by Gasteiger charge is 2.42. The van der Waals surface area contributed by atoms with Gasteiger partial charge in [-0.05, 0) is 42.8 Å². The molecule has 2 atom stereocenters. The van der Waals surface area contributed by atoms with Crippen LogP contribution in [0.3, 0.4) is 0 Å². The second-order valence-electron chi connectivity index (χ2n) is 6.49. The molecule has 0 radical (unpaired) electrons. The van der Waals surface area contributed by atoms with Crippen molar-refractivity contribution in [3.05, 3.63) is 70.8 Å². The highest BCUT2D eigenvalue weighted by atomic mass is 15.2. The summed E-state index contributed by atoms with van der Waals surface area (Å²) >= 11 is 0. The molecular formula is C19H22N2. The molecule has 2 aromatic rings. The summed E-state index contributed by atoms with van der Waals surface area (Å²) in [5.74, 6) is 0. The first-order valence-electron chi connectivity index (χ1n) is 7.83. The van der Waals surface area contributed by atoms with Crippen LogP contribution < -0.4 is 0 Å². The molecule has 21 heavy (non-hydrogen) atoms. The van der Waals surface area contributed by atoms with Gasteiger partial charge in [-0.25, -0.2) is 0 Å². The van der Waals surface area contributed by atoms with E-state index in [-0.39, 0.29) is 0 Å².